The molecule has 0 unspecified atom stereocenters. The monoisotopic (exact) mass is 372 g/mol. The molecule has 4 rings (SSSR count). The first-order valence-electron chi connectivity index (χ1n) is 8.29. The van der Waals surface area contributed by atoms with E-state index in [1.165, 1.54) is 0 Å². The highest BCUT2D eigenvalue weighted by molar-refractivity contribution is 7.89. The molecule has 1 aliphatic rings. The second-order valence-corrected chi connectivity index (χ2v) is 8.81. The molecule has 2 N–H and O–H groups in total. The Morgan fingerprint density at radius 2 is 1.81 bits per heavy atom. The van der Waals surface area contributed by atoms with Crippen molar-refractivity contribution >= 4 is 21.1 Å². The molecule has 2 aromatic carbocycles. The molecule has 7 heteroatoms. The number of fused-ring (bicyclic) bond motifs is 1. The van der Waals surface area contributed by atoms with E-state index in [4.69, 9.17) is 14.3 Å². The molecular formula is C19H20N2O4S. The maximum atomic E-state index is 11.4. The van der Waals surface area contributed by atoms with Gasteiger partial charge in [0.2, 0.25) is 10.0 Å². The van der Waals surface area contributed by atoms with Crippen LogP contribution >= 0.6 is 0 Å². The van der Waals surface area contributed by atoms with E-state index in [0.717, 1.165) is 11.1 Å². The normalized spacial score (nSPS) is 21.7. The zero-order valence-electron chi connectivity index (χ0n) is 14.8. The molecule has 0 aliphatic heterocycles. The van der Waals surface area contributed by atoms with Gasteiger partial charge in [-0.3, -0.25) is 0 Å². The largest absolute Gasteiger partial charge is 0.494 e. The third-order valence-corrected chi connectivity index (χ3v) is 6.21. The summed E-state index contributed by atoms with van der Waals surface area (Å²) in [6.45, 7) is 4.31. The summed E-state index contributed by atoms with van der Waals surface area (Å²) in [5.41, 5.74) is 2.42. The number of aromatic nitrogens is 1. The third-order valence-electron chi connectivity index (χ3n) is 5.28. The molecule has 26 heavy (non-hydrogen) atoms. The number of hydrogen-bond donors (Lipinski definition) is 1. The number of rotatable bonds is 4. The van der Waals surface area contributed by atoms with Crippen molar-refractivity contribution < 1.29 is 17.6 Å². The number of oxazole rings is 1. The minimum Gasteiger partial charge on any atom is -0.494 e. The van der Waals surface area contributed by atoms with Crippen molar-refractivity contribution in [1.29, 1.82) is 0 Å². The Balaban J connectivity index is 1.70. The number of methoxy groups -OCH3 is 1. The van der Waals surface area contributed by atoms with Crippen LogP contribution in [0.4, 0.5) is 0 Å². The molecule has 3 aromatic rings. The fourth-order valence-electron chi connectivity index (χ4n) is 3.82. The van der Waals surface area contributed by atoms with Crippen LogP contribution in [0, 0.1) is 5.41 Å². The van der Waals surface area contributed by atoms with Gasteiger partial charge in [0.05, 0.1) is 12.0 Å². The molecule has 0 saturated heterocycles. The number of hydrogen-bond acceptors (Lipinski definition) is 5. The molecule has 0 spiro atoms. The molecule has 136 valence electrons. The summed E-state index contributed by atoms with van der Waals surface area (Å²) in [5, 5.41) is 5.18. The predicted molar refractivity (Wildman–Crippen MR) is 97.6 cm³/mol. The number of para-hydroxylation sites is 1. The minimum absolute atomic E-state index is 0.0444. The molecular weight excluding hydrogens is 352 g/mol. The van der Waals surface area contributed by atoms with E-state index in [-0.39, 0.29) is 22.1 Å². The van der Waals surface area contributed by atoms with Gasteiger partial charge in [-0.05, 0) is 35.2 Å². The summed E-state index contributed by atoms with van der Waals surface area (Å²) < 4.78 is 34.2. The lowest BCUT2D eigenvalue weighted by atomic mass is 10.0. The van der Waals surface area contributed by atoms with Gasteiger partial charge in [-0.2, -0.15) is 0 Å². The molecule has 1 aromatic heterocycles. The van der Waals surface area contributed by atoms with Gasteiger partial charge < -0.3 is 9.15 Å². The maximum absolute atomic E-state index is 11.4. The van der Waals surface area contributed by atoms with Gasteiger partial charge in [-0.1, -0.05) is 32.0 Å². The summed E-state index contributed by atoms with van der Waals surface area (Å²) >= 11 is 0. The molecule has 0 bridgehead atoms. The summed E-state index contributed by atoms with van der Waals surface area (Å²) in [6, 6.07) is 12.3. The van der Waals surface area contributed by atoms with Crippen molar-refractivity contribution in [3.05, 3.63) is 53.9 Å². The highest BCUT2D eigenvalue weighted by atomic mass is 32.2. The van der Waals surface area contributed by atoms with E-state index >= 15 is 0 Å². The van der Waals surface area contributed by atoms with Crippen LogP contribution in [-0.4, -0.2) is 20.5 Å². The number of nitrogens with two attached hydrogens (primary N) is 1. The maximum Gasteiger partial charge on any atom is 0.238 e. The fraction of sp³-hybridized carbons (Fsp3) is 0.316. The Bertz CT molecular complexity index is 1080. The van der Waals surface area contributed by atoms with Gasteiger partial charge in [-0.15, -0.1) is 0 Å². The second kappa shape index (κ2) is 5.56. The number of sulfonamides is 1. The summed E-state index contributed by atoms with van der Waals surface area (Å²) in [7, 11) is -2.08. The smallest absolute Gasteiger partial charge is 0.238 e. The van der Waals surface area contributed by atoms with E-state index in [1.807, 2.05) is 30.3 Å². The molecule has 1 saturated carbocycles. The highest BCUT2D eigenvalue weighted by Gasteiger charge is 2.61. The molecule has 6 nitrogen and oxygen atoms in total. The number of ether oxygens (including phenoxy) is 1. The summed E-state index contributed by atoms with van der Waals surface area (Å²) in [6.07, 6.45) is 0. The first kappa shape index (κ1) is 17.1. The number of primary sulfonamides is 1. The van der Waals surface area contributed by atoms with Gasteiger partial charge in [-0.25, -0.2) is 18.5 Å². The minimum atomic E-state index is -3.69. The topological polar surface area (TPSA) is 95.4 Å². The predicted octanol–water partition coefficient (Wildman–Crippen LogP) is 3.39. The first-order chi connectivity index (χ1) is 12.2. The van der Waals surface area contributed by atoms with E-state index in [9.17, 15) is 8.42 Å². The average molecular weight is 372 g/mol. The van der Waals surface area contributed by atoms with Crippen LogP contribution in [0.5, 0.6) is 5.75 Å². The Labute approximate surface area is 152 Å². The lowest BCUT2D eigenvalue weighted by molar-refractivity contribution is 0.419. The fourth-order valence-corrected chi connectivity index (χ4v) is 4.34. The zero-order chi connectivity index (χ0) is 18.7. The van der Waals surface area contributed by atoms with Crippen LogP contribution in [0.25, 0.3) is 11.1 Å². The van der Waals surface area contributed by atoms with Crippen LogP contribution in [-0.2, 0) is 10.0 Å². The molecule has 0 amide bonds. The molecule has 1 fully saturated rings. The second-order valence-electron chi connectivity index (χ2n) is 7.25. The summed E-state index contributed by atoms with van der Waals surface area (Å²) in [5.74, 6) is 1.66. The first-order valence-corrected chi connectivity index (χ1v) is 9.84. The van der Waals surface area contributed by atoms with Gasteiger partial charge in [0.15, 0.2) is 17.0 Å². The molecule has 1 aliphatic carbocycles. The van der Waals surface area contributed by atoms with Gasteiger partial charge in [0.1, 0.15) is 5.75 Å². The van der Waals surface area contributed by atoms with Crippen molar-refractivity contribution in [3.8, 4) is 5.75 Å². The third kappa shape index (κ3) is 2.59. The summed E-state index contributed by atoms with van der Waals surface area (Å²) in [4.78, 5) is 4.78. The van der Waals surface area contributed by atoms with Gasteiger partial charge in [0.25, 0.3) is 0 Å². The number of nitrogens with zero attached hydrogens (tertiary/aromatic N) is 1. The standard InChI is InChI=1S/C19H20N2O4S/c1-19(2)15(11-7-9-12(10-8-11)26(20,22)23)16(19)18-21-17-13(24-3)5-4-6-14(17)25-18/h4-10,15-16H,1-3H3,(H2,20,22,23)/t15-,16+/m0/s1. The van der Waals surface area contributed by atoms with E-state index in [1.54, 1.807) is 19.2 Å². The Kier molecular flexibility index (Phi) is 3.65. The van der Waals surface area contributed by atoms with Crippen molar-refractivity contribution in [3.63, 3.8) is 0 Å². The SMILES string of the molecule is COc1cccc2oc([C@H]3[C@H](c4ccc(S(N)(=O)=O)cc4)C3(C)C)nc12. The van der Waals surface area contributed by atoms with Crippen LogP contribution in [0.1, 0.15) is 37.1 Å². The van der Waals surface area contributed by atoms with Crippen molar-refractivity contribution in [2.24, 2.45) is 10.6 Å². The lowest BCUT2D eigenvalue weighted by Crippen LogP contribution is -2.11. The van der Waals surface area contributed by atoms with Crippen molar-refractivity contribution in [1.82, 2.24) is 4.98 Å². The number of benzene rings is 2. The molecule has 1 heterocycles. The van der Waals surface area contributed by atoms with E-state index < -0.39 is 10.0 Å². The van der Waals surface area contributed by atoms with Gasteiger partial charge >= 0.3 is 0 Å². The van der Waals surface area contributed by atoms with Crippen LogP contribution < -0.4 is 9.88 Å². The van der Waals surface area contributed by atoms with Crippen LogP contribution in [0.3, 0.4) is 0 Å². The zero-order valence-corrected chi connectivity index (χ0v) is 15.6. The Morgan fingerprint density at radius 1 is 1.12 bits per heavy atom. The quantitative estimate of drug-likeness (QED) is 0.757. The van der Waals surface area contributed by atoms with Crippen molar-refractivity contribution in [2.45, 2.75) is 30.6 Å². The highest BCUT2D eigenvalue weighted by Crippen LogP contribution is 2.69. The average Bonchev–Trinajstić information content (AvgIpc) is 2.95. The van der Waals surface area contributed by atoms with Crippen LogP contribution in [0.15, 0.2) is 51.8 Å². The van der Waals surface area contributed by atoms with Crippen LogP contribution in [0.2, 0.25) is 0 Å². The van der Waals surface area contributed by atoms with Crippen molar-refractivity contribution in [2.75, 3.05) is 7.11 Å². The molecule has 0 radical (unpaired) electrons. The van der Waals surface area contributed by atoms with Gasteiger partial charge in [0, 0.05) is 11.8 Å². The Morgan fingerprint density at radius 3 is 2.42 bits per heavy atom. The van der Waals surface area contributed by atoms with E-state index in [0.29, 0.717) is 17.2 Å². The Hall–Kier alpha value is -2.38. The lowest BCUT2D eigenvalue weighted by Gasteiger charge is -2.04. The van der Waals surface area contributed by atoms with E-state index in [2.05, 4.69) is 18.8 Å². The molecule has 2 atom stereocenters.